The second-order valence-electron chi connectivity index (χ2n) is 7.28. The van der Waals surface area contributed by atoms with Crippen molar-refractivity contribution >= 4 is 12.1 Å². The van der Waals surface area contributed by atoms with Crippen LogP contribution in [0.5, 0.6) is 0 Å². The van der Waals surface area contributed by atoms with Crippen LogP contribution in [-0.4, -0.2) is 54.5 Å². The van der Waals surface area contributed by atoms with Crippen LogP contribution in [0.15, 0.2) is 0 Å². The van der Waals surface area contributed by atoms with Gasteiger partial charge in [-0.2, -0.15) is 0 Å². The molecular formula is C17H29NO5. The summed E-state index contributed by atoms with van der Waals surface area (Å²) < 4.78 is 16.3. The summed E-state index contributed by atoms with van der Waals surface area (Å²) in [5, 5.41) is 0. The van der Waals surface area contributed by atoms with Crippen LogP contribution in [0.1, 0.15) is 59.3 Å². The quantitative estimate of drug-likeness (QED) is 0.743. The summed E-state index contributed by atoms with van der Waals surface area (Å²) in [5.41, 5.74) is -0.567. The van der Waals surface area contributed by atoms with Gasteiger partial charge in [-0.25, -0.2) is 9.59 Å². The summed E-state index contributed by atoms with van der Waals surface area (Å²) in [4.78, 5) is 26.1. The van der Waals surface area contributed by atoms with E-state index in [0.717, 1.165) is 38.7 Å². The zero-order valence-corrected chi connectivity index (χ0v) is 14.5. The van der Waals surface area contributed by atoms with Crippen molar-refractivity contribution in [3.8, 4) is 0 Å². The summed E-state index contributed by atoms with van der Waals surface area (Å²) in [6, 6.07) is -0.525. The first-order valence-electron chi connectivity index (χ1n) is 8.65. The van der Waals surface area contributed by atoms with Crippen LogP contribution in [-0.2, 0) is 19.0 Å². The number of hydrogen-bond donors (Lipinski definition) is 0. The third-order valence-electron chi connectivity index (χ3n) is 4.11. The van der Waals surface area contributed by atoms with E-state index < -0.39 is 17.7 Å². The predicted molar refractivity (Wildman–Crippen MR) is 85.1 cm³/mol. The second kappa shape index (κ2) is 7.99. The van der Waals surface area contributed by atoms with E-state index in [1.54, 1.807) is 0 Å². The number of rotatable bonds is 4. The van der Waals surface area contributed by atoms with Gasteiger partial charge in [0.15, 0.2) is 0 Å². The molecule has 23 heavy (non-hydrogen) atoms. The van der Waals surface area contributed by atoms with Gasteiger partial charge in [-0.05, 0) is 52.9 Å². The summed E-state index contributed by atoms with van der Waals surface area (Å²) >= 11 is 0. The minimum atomic E-state index is -0.567. The Hall–Kier alpha value is -1.30. The number of carbonyl (C=O) groups excluding carboxylic acids is 2. The lowest BCUT2D eigenvalue weighted by Crippen LogP contribution is -2.50. The third kappa shape index (κ3) is 5.68. The SMILES string of the molecule is CC(C)(C)OC(=O)N1CCCC[C@@H]1C(=O)OCC[C@@H]1CCCO1. The van der Waals surface area contributed by atoms with E-state index >= 15 is 0 Å². The molecule has 6 heteroatoms. The molecule has 2 saturated heterocycles. The predicted octanol–water partition coefficient (Wildman–Crippen LogP) is 2.89. The van der Waals surface area contributed by atoms with E-state index in [4.69, 9.17) is 14.2 Å². The zero-order chi connectivity index (χ0) is 16.9. The van der Waals surface area contributed by atoms with Gasteiger partial charge in [0.05, 0.1) is 12.7 Å². The number of hydrogen-bond acceptors (Lipinski definition) is 5. The first kappa shape index (κ1) is 18.0. The van der Waals surface area contributed by atoms with Gasteiger partial charge in [0.25, 0.3) is 0 Å². The molecule has 2 rings (SSSR count). The molecule has 0 unspecified atom stereocenters. The van der Waals surface area contributed by atoms with Gasteiger partial charge >= 0.3 is 12.1 Å². The standard InChI is InChI=1S/C17H29NO5/c1-17(2,3)23-16(20)18-10-5-4-8-14(18)15(19)22-12-9-13-7-6-11-21-13/h13-14H,4-12H2,1-3H3/t13-,14+/m0/s1. The van der Waals surface area contributed by atoms with Gasteiger partial charge in [-0.15, -0.1) is 0 Å². The van der Waals surface area contributed by atoms with E-state index in [1.165, 1.54) is 4.90 Å². The normalized spacial score (nSPS) is 25.3. The van der Waals surface area contributed by atoms with E-state index in [1.807, 2.05) is 20.8 Å². The molecule has 2 heterocycles. The number of piperidine rings is 1. The molecule has 0 spiro atoms. The molecule has 2 aliphatic rings. The molecule has 6 nitrogen and oxygen atoms in total. The number of likely N-dealkylation sites (tertiary alicyclic amines) is 1. The molecule has 2 fully saturated rings. The molecule has 0 N–H and O–H groups in total. The topological polar surface area (TPSA) is 65.1 Å². The highest BCUT2D eigenvalue weighted by Gasteiger charge is 2.35. The molecule has 0 aromatic carbocycles. The van der Waals surface area contributed by atoms with Crippen LogP contribution in [0.3, 0.4) is 0 Å². The zero-order valence-electron chi connectivity index (χ0n) is 14.5. The summed E-state index contributed by atoms with van der Waals surface area (Å²) in [5.74, 6) is -0.325. The van der Waals surface area contributed by atoms with E-state index in [-0.39, 0.29) is 12.1 Å². The lowest BCUT2D eigenvalue weighted by Gasteiger charge is -2.35. The first-order chi connectivity index (χ1) is 10.9. The second-order valence-corrected chi connectivity index (χ2v) is 7.28. The van der Waals surface area contributed by atoms with E-state index in [2.05, 4.69) is 0 Å². The van der Waals surface area contributed by atoms with Crippen molar-refractivity contribution < 1.29 is 23.8 Å². The minimum Gasteiger partial charge on any atom is -0.464 e. The van der Waals surface area contributed by atoms with Crippen LogP contribution in [0, 0.1) is 0 Å². The Labute approximate surface area is 138 Å². The van der Waals surface area contributed by atoms with Crippen LogP contribution in [0.25, 0.3) is 0 Å². The van der Waals surface area contributed by atoms with Crippen molar-refractivity contribution in [2.24, 2.45) is 0 Å². The van der Waals surface area contributed by atoms with Gasteiger partial charge < -0.3 is 14.2 Å². The third-order valence-corrected chi connectivity index (χ3v) is 4.11. The van der Waals surface area contributed by atoms with Crippen molar-refractivity contribution in [2.75, 3.05) is 19.8 Å². The minimum absolute atomic E-state index is 0.205. The highest BCUT2D eigenvalue weighted by atomic mass is 16.6. The Morgan fingerprint density at radius 1 is 1.17 bits per heavy atom. The first-order valence-corrected chi connectivity index (χ1v) is 8.65. The molecule has 0 aromatic rings. The number of ether oxygens (including phenoxy) is 3. The number of amides is 1. The number of nitrogens with zero attached hydrogens (tertiary/aromatic N) is 1. The fraction of sp³-hybridized carbons (Fsp3) is 0.882. The molecular weight excluding hydrogens is 298 g/mol. The van der Waals surface area contributed by atoms with Gasteiger partial charge in [-0.3, -0.25) is 4.90 Å². The van der Waals surface area contributed by atoms with Crippen LogP contribution in [0.2, 0.25) is 0 Å². The lowest BCUT2D eigenvalue weighted by molar-refractivity contribution is -0.151. The fourth-order valence-electron chi connectivity index (χ4n) is 2.97. The monoisotopic (exact) mass is 327 g/mol. The highest BCUT2D eigenvalue weighted by Crippen LogP contribution is 2.22. The Morgan fingerprint density at radius 2 is 1.96 bits per heavy atom. The maximum absolute atomic E-state index is 12.3. The average molecular weight is 327 g/mol. The van der Waals surface area contributed by atoms with Gasteiger partial charge in [0.1, 0.15) is 11.6 Å². The van der Waals surface area contributed by atoms with Crippen molar-refractivity contribution in [3.63, 3.8) is 0 Å². The van der Waals surface area contributed by atoms with Crippen LogP contribution in [0.4, 0.5) is 4.79 Å². The van der Waals surface area contributed by atoms with Crippen molar-refractivity contribution in [1.82, 2.24) is 4.90 Å². The molecule has 2 aliphatic heterocycles. The molecule has 0 bridgehead atoms. The molecule has 132 valence electrons. The average Bonchev–Trinajstić information content (AvgIpc) is 2.98. The van der Waals surface area contributed by atoms with E-state index in [0.29, 0.717) is 19.6 Å². The van der Waals surface area contributed by atoms with Gasteiger partial charge in [0.2, 0.25) is 0 Å². The maximum Gasteiger partial charge on any atom is 0.411 e. The summed E-state index contributed by atoms with van der Waals surface area (Å²) in [7, 11) is 0. The molecule has 0 aromatic heterocycles. The van der Waals surface area contributed by atoms with Crippen LogP contribution >= 0.6 is 0 Å². The smallest absolute Gasteiger partial charge is 0.411 e. The highest BCUT2D eigenvalue weighted by molar-refractivity contribution is 5.81. The maximum atomic E-state index is 12.3. The Bertz CT molecular complexity index is 412. The van der Waals surface area contributed by atoms with Crippen molar-refractivity contribution in [1.29, 1.82) is 0 Å². The Morgan fingerprint density at radius 3 is 2.61 bits per heavy atom. The number of carbonyl (C=O) groups is 2. The molecule has 0 radical (unpaired) electrons. The lowest BCUT2D eigenvalue weighted by atomic mass is 10.0. The summed E-state index contributed by atoms with van der Waals surface area (Å²) in [6.07, 6.45) is 5.06. The van der Waals surface area contributed by atoms with E-state index in [9.17, 15) is 9.59 Å². The largest absolute Gasteiger partial charge is 0.464 e. The van der Waals surface area contributed by atoms with Crippen molar-refractivity contribution in [3.05, 3.63) is 0 Å². The number of esters is 1. The Balaban J connectivity index is 1.83. The van der Waals surface area contributed by atoms with Gasteiger partial charge in [0, 0.05) is 19.6 Å². The van der Waals surface area contributed by atoms with Crippen LogP contribution < -0.4 is 0 Å². The molecule has 0 aliphatic carbocycles. The molecule has 0 saturated carbocycles. The van der Waals surface area contributed by atoms with Crippen molar-refractivity contribution in [2.45, 2.75) is 77.0 Å². The summed E-state index contributed by atoms with van der Waals surface area (Å²) in [6.45, 7) is 7.16. The molecule has 2 atom stereocenters. The van der Waals surface area contributed by atoms with Gasteiger partial charge in [-0.1, -0.05) is 0 Å². The molecule has 1 amide bonds. The fourth-order valence-corrected chi connectivity index (χ4v) is 2.97. The Kier molecular flexibility index (Phi) is 6.27.